The summed E-state index contributed by atoms with van der Waals surface area (Å²) >= 11 is 7.16. The SMILES string of the molecule is O=C=O.[C-]#[N+]C1(CC)CC1c1csc2nc(CCl)cc(=O)n12. The Kier molecular flexibility index (Phi) is 4.77. The second-order valence-corrected chi connectivity index (χ2v) is 6.01. The molecule has 0 radical (unpaired) electrons. The van der Waals surface area contributed by atoms with Gasteiger partial charge in [0.05, 0.1) is 23.2 Å². The van der Waals surface area contributed by atoms with Crippen LogP contribution in [0.1, 0.15) is 37.1 Å². The van der Waals surface area contributed by atoms with Crippen molar-refractivity contribution in [3.63, 3.8) is 0 Å². The van der Waals surface area contributed by atoms with Crippen molar-refractivity contribution in [2.24, 2.45) is 0 Å². The molecule has 0 N–H and O–H groups in total. The van der Waals surface area contributed by atoms with E-state index < -0.39 is 0 Å². The maximum atomic E-state index is 12.2. The molecule has 0 bridgehead atoms. The number of thiazole rings is 1. The van der Waals surface area contributed by atoms with Crippen LogP contribution in [0, 0.1) is 6.57 Å². The minimum Gasteiger partial charge on any atom is -0.310 e. The molecule has 114 valence electrons. The highest BCUT2D eigenvalue weighted by Crippen LogP contribution is 2.56. The fourth-order valence-corrected chi connectivity index (χ4v) is 3.67. The molecule has 8 heteroatoms. The van der Waals surface area contributed by atoms with Crippen molar-refractivity contribution in [3.05, 3.63) is 44.6 Å². The number of nitrogens with zero attached hydrogens (tertiary/aromatic N) is 3. The molecule has 2 aromatic rings. The maximum absolute atomic E-state index is 12.2. The Bertz CT molecular complexity index is 832. The second kappa shape index (κ2) is 6.41. The first-order chi connectivity index (χ1) is 10.6. The van der Waals surface area contributed by atoms with Gasteiger partial charge in [-0.15, -0.1) is 22.9 Å². The normalized spacial score (nSPS) is 22.3. The van der Waals surface area contributed by atoms with Gasteiger partial charge in [-0.05, 0) is 0 Å². The summed E-state index contributed by atoms with van der Waals surface area (Å²) in [6.07, 6.45) is 1.91. The highest BCUT2D eigenvalue weighted by atomic mass is 35.5. The van der Waals surface area contributed by atoms with E-state index in [1.807, 2.05) is 12.3 Å². The number of aromatic nitrogens is 2. The third-order valence-corrected chi connectivity index (χ3v) is 4.98. The molecule has 2 unspecified atom stereocenters. The Hall–Kier alpha value is -2.00. The summed E-state index contributed by atoms with van der Waals surface area (Å²) in [6, 6.07) is 1.48. The Morgan fingerprint density at radius 2 is 2.32 bits per heavy atom. The highest BCUT2D eigenvalue weighted by molar-refractivity contribution is 7.15. The molecule has 0 spiro atoms. The highest BCUT2D eigenvalue weighted by Gasteiger charge is 2.62. The van der Waals surface area contributed by atoms with Gasteiger partial charge in [0.25, 0.3) is 5.56 Å². The van der Waals surface area contributed by atoms with Crippen LogP contribution in [0.5, 0.6) is 0 Å². The van der Waals surface area contributed by atoms with E-state index in [2.05, 4.69) is 9.83 Å². The summed E-state index contributed by atoms with van der Waals surface area (Å²) in [5, 5.41) is 1.95. The zero-order chi connectivity index (χ0) is 16.3. The molecule has 0 saturated heterocycles. The topological polar surface area (TPSA) is 72.9 Å². The first-order valence-electron chi connectivity index (χ1n) is 6.50. The molecule has 22 heavy (non-hydrogen) atoms. The summed E-state index contributed by atoms with van der Waals surface area (Å²) in [7, 11) is 0. The van der Waals surface area contributed by atoms with Crippen molar-refractivity contribution in [1.29, 1.82) is 0 Å². The monoisotopic (exact) mass is 337 g/mol. The summed E-state index contributed by atoms with van der Waals surface area (Å²) in [5.41, 5.74) is 1.12. The van der Waals surface area contributed by atoms with E-state index in [-0.39, 0.29) is 29.0 Å². The molecule has 0 amide bonds. The number of halogens is 1. The lowest BCUT2D eigenvalue weighted by atomic mass is 10.1. The summed E-state index contributed by atoms with van der Waals surface area (Å²) < 4.78 is 1.63. The molecule has 2 heterocycles. The molecule has 0 aliphatic heterocycles. The molecule has 0 aromatic carbocycles. The molecular weight excluding hydrogens is 326 g/mol. The Morgan fingerprint density at radius 1 is 1.64 bits per heavy atom. The summed E-state index contributed by atoms with van der Waals surface area (Å²) in [6.45, 7) is 9.36. The number of hydrogen-bond donors (Lipinski definition) is 0. The standard InChI is InChI=1S/C13H12ClN3OS.CO2/c1-3-13(15-2)5-9(13)10-7-19-12-16-8(6-14)4-11(18)17(10)12;2-1-3/h4,7,9H,3,5-6H2,1H3;. The van der Waals surface area contributed by atoms with Gasteiger partial charge in [0, 0.05) is 24.3 Å². The van der Waals surface area contributed by atoms with Gasteiger partial charge in [0.15, 0.2) is 4.96 Å². The van der Waals surface area contributed by atoms with Crippen molar-refractivity contribution in [2.75, 3.05) is 0 Å². The molecule has 3 rings (SSSR count). The smallest absolute Gasteiger partial charge is 0.310 e. The first-order valence-corrected chi connectivity index (χ1v) is 7.92. The van der Waals surface area contributed by atoms with E-state index in [4.69, 9.17) is 27.8 Å². The van der Waals surface area contributed by atoms with Gasteiger partial charge in [0.1, 0.15) is 0 Å². The minimum absolute atomic E-state index is 0.0983. The van der Waals surface area contributed by atoms with E-state index in [0.717, 1.165) is 18.5 Å². The lowest BCUT2D eigenvalue weighted by molar-refractivity contribution is -0.191. The van der Waals surface area contributed by atoms with Crippen LogP contribution in [0.25, 0.3) is 9.81 Å². The van der Waals surface area contributed by atoms with Crippen LogP contribution in [0.4, 0.5) is 0 Å². The predicted octanol–water partition coefficient (Wildman–Crippen LogP) is 2.47. The largest absolute Gasteiger partial charge is 0.373 e. The Balaban J connectivity index is 0.000000545. The Morgan fingerprint density at radius 3 is 2.82 bits per heavy atom. The molecule has 1 aliphatic rings. The fourth-order valence-electron chi connectivity index (χ4n) is 2.56. The fraction of sp³-hybridized carbons (Fsp3) is 0.429. The average Bonchev–Trinajstić information content (AvgIpc) is 3.10. The molecule has 1 fully saturated rings. The number of fused-ring (bicyclic) bond motifs is 1. The van der Waals surface area contributed by atoms with Crippen LogP contribution < -0.4 is 5.56 Å². The quantitative estimate of drug-likeness (QED) is 0.637. The summed E-state index contributed by atoms with van der Waals surface area (Å²) in [4.78, 5) is 37.2. The van der Waals surface area contributed by atoms with Crippen LogP contribution in [0.2, 0.25) is 0 Å². The van der Waals surface area contributed by atoms with Crippen LogP contribution in [-0.2, 0) is 15.5 Å². The molecule has 6 nitrogen and oxygen atoms in total. The predicted molar refractivity (Wildman–Crippen MR) is 80.9 cm³/mol. The van der Waals surface area contributed by atoms with Crippen LogP contribution in [-0.4, -0.2) is 21.1 Å². The van der Waals surface area contributed by atoms with E-state index in [1.54, 1.807) is 4.40 Å². The third-order valence-electron chi connectivity index (χ3n) is 3.86. The summed E-state index contributed by atoms with van der Waals surface area (Å²) in [5.74, 6) is 0.397. The van der Waals surface area contributed by atoms with Crippen molar-refractivity contribution in [1.82, 2.24) is 9.38 Å². The zero-order valence-corrected chi connectivity index (χ0v) is 13.3. The third kappa shape index (κ3) is 2.69. The van der Waals surface area contributed by atoms with Crippen LogP contribution >= 0.6 is 22.9 Å². The molecule has 1 aliphatic carbocycles. The maximum Gasteiger partial charge on any atom is 0.373 e. The van der Waals surface area contributed by atoms with Crippen molar-refractivity contribution in [2.45, 2.75) is 37.1 Å². The van der Waals surface area contributed by atoms with Crippen molar-refractivity contribution < 1.29 is 9.59 Å². The molecule has 2 aromatic heterocycles. The lowest BCUT2D eigenvalue weighted by Gasteiger charge is -2.02. The van der Waals surface area contributed by atoms with E-state index in [0.29, 0.717) is 10.7 Å². The Labute approximate surface area is 135 Å². The van der Waals surface area contributed by atoms with Gasteiger partial charge in [-0.3, -0.25) is 9.20 Å². The minimum atomic E-state index is -0.307. The number of rotatable bonds is 3. The van der Waals surface area contributed by atoms with E-state index in [9.17, 15) is 4.79 Å². The molecule has 1 saturated carbocycles. The van der Waals surface area contributed by atoms with Crippen LogP contribution in [0.3, 0.4) is 0 Å². The van der Waals surface area contributed by atoms with E-state index in [1.165, 1.54) is 17.4 Å². The second-order valence-electron chi connectivity index (χ2n) is 4.91. The van der Waals surface area contributed by atoms with Gasteiger partial charge in [-0.1, -0.05) is 6.92 Å². The van der Waals surface area contributed by atoms with Gasteiger partial charge < -0.3 is 4.85 Å². The lowest BCUT2D eigenvalue weighted by Crippen LogP contribution is -2.17. The van der Waals surface area contributed by atoms with Crippen molar-refractivity contribution >= 4 is 34.1 Å². The van der Waals surface area contributed by atoms with Crippen molar-refractivity contribution in [3.8, 4) is 0 Å². The average molecular weight is 338 g/mol. The number of hydrogen-bond acceptors (Lipinski definition) is 5. The van der Waals surface area contributed by atoms with Crippen LogP contribution in [0.15, 0.2) is 16.2 Å². The molecular formula is C14H12ClN3O3S. The van der Waals surface area contributed by atoms with Gasteiger partial charge in [-0.2, -0.15) is 9.59 Å². The van der Waals surface area contributed by atoms with Gasteiger partial charge in [-0.25, -0.2) is 11.6 Å². The molecule has 2 atom stereocenters. The zero-order valence-electron chi connectivity index (χ0n) is 11.7. The first kappa shape index (κ1) is 16.4. The van der Waals surface area contributed by atoms with E-state index >= 15 is 0 Å². The number of alkyl halides is 1. The van der Waals surface area contributed by atoms with Gasteiger partial charge >= 0.3 is 6.15 Å². The van der Waals surface area contributed by atoms with Gasteiger partial charge in [0.2, 0.25) is 5.54 Å². The number of carbonyl (C=O) groups excluding carboxylic acids is 2.